The third-order valence-electron chi connectivity index (χ3n) is 4.22. The van der Waals surface area contributed by atoms with Crippen LogP contribution < -0.4 is 15.5 Å². The molecule has 2 aromatic carbocycles. The van der Waals surface area contributed by atoms with Crippen molar-refractivity contribution < 1.29 is 14.0 Å². The van der Waals surface area contributed by atoms with E-state index in [1.54, 1.807) is 30.9 Å². The molecule has 2 N–H and O–H groups in total. The topological polar surface area (TPSA) is 61.4 Å². The number of amides is 2. The van der Waals surface area contributed by atoms with Crippen molar-refractivity contribution in [2.45, 2.75) is 26.3 Å². The van der Waals surface area contributed by atoms with Crippen LogP contribution >= 0.6 is 0 Å². The molecular weight excluding hydrogens is 321 g/mol. The van der Waals surface area contributed by atoms with Gasteiger partial charge in [0.2, 0.25) is 11.8 Å². The predicted molar refractivity (Wildman–Crippen MR) is 96.3 cm³/mol. The van der Waals surface area contributed by atoms with Crippen LogP contribution in [0.3, 0.4) is 0 Å². The molecule has 1 unspecified atom stereocenters. The molecule has 0 saturated carbocycles. The van der Waals surface area contributed by atoms with Gasteiger partial charge >= 0.3 is 0 Å². The summed E-state index contributed by atoms with van der Waals surface area (Å²) in [7, 11) is 0. The van der Waals surface area contributed by atoms with Crippen molar-refractivity contribution in [2.24, 2.45) is 0 Å². The van der Waals surface area contributed by atoms with E-state index >= 15 is 0 Å². The lowest BCUT2D eigenvalue weighted by Gasteiger charge is -2.17. The Morgan fingerprint density at radius 3 is 2.68 bits per heavy atom. The minimum absolute atomic E-state index is 0.0299. The number of halogens is 1. The van der Waals surface area contributed by atoms with Gasteiger partial charge in [0.25, 0.3) is 0 Å². The summed E-state index contributed by atoms with van der Waals surface area (Å²) in [6.07, 6.45) is 0.800. The first-order chi connectivity index (χ1) is 11.9. The quantitative estimate of drug-likeness (QED) is 0.898. The molecule has 0 aromatic heterocycles. The van der Waals surface area contributed by atoms with Crippen LogP contribution in [-0.2, 0) is 16.0 Å². The highest BCUT2D eigenvalue weighted by molar-refractivity contribution is 5.97. The SMILES string of the molecule is CC(=O)N1CCc2cc(NC(C)C(=O)Nc3cccc(F)c3)ccc21. The Morgan fingerprint density at radius 1 is 1.16 bits per heavy atom. The molecule has 0 bridgehead atoms. The van der Waals surface area contributed by atoms with Crippen LogP contribution in [0.25, 0.3) is 0 Å². The standard InChI is InChI=1S/C19H20FN3O2/c1-12(19(25)22-16-5-3-4-15(20)11-16)21-17-6-7-18-14(10-17)8-9-23(18)13(2)24/h3-7,10-12,21H,8-9H2,1-2H3,(H,22,25). The number of carbonyl (C=O) groups excluding carboxylic acids is 2. The molecule has 2 aromatic rings. The van der Waals surface area contributed by atoms with Crippen LogP contribution in [0.4, 0.5) is 21.5 Å². The molecule has 0 spiro atoms. The lowest BCUT2D eigenvalue weighted by atomic mass is 10.1. The monoisotopic (exact) mass is 341 g/mol. The second-order valence-corrected chi connectivity index (χ2v) is 6.13. The Balaban J connectivity index is 1.66. The number of benzene rings is 2. The van der Waals surface area contributed by atoms with Crippen LogP contribution in [0.1, 0.15) is 19.4 Å². The van der Waals surface area contributed by atoms with Gasteiger partial charge in [0.1, 0.15) is 11.9 Å². The van der Waals surface area contributed by atoms with Crippen molar-refractivity contribution in [1.29, 1.82) is 0 Å². The molecule has 3 rings (SSSR count). The van der Waals surface area contributed by atoms with Crippen molar-refractivity contribution in [2.75, 3.05) is 22.1 Å². The number of rotatable bonds is 4. The Hall–Kier alpha value is -2.89. The van der Waals surface area contributed by atoms with Gasteiger partial charge in [-0.2, -0.15) is 0 Å². The van der Waals surface area contributed by atoms with Crippen molar-refractivity contribution in [3.05, 3.63) is 53.8 Å². The molecule has 0 aliphatic carbocycles. The minimum Gasteiger partial charge on any atom is -0.374 e. The van der Waals surface area contributed by atoms with Crippen LogP contribution in [-0.4, -0.2) is 24.4 Å². The molecule has 0 saturated heterocycles. The fraction of sp³-hybridized carbons (Fsp3) is 0.263. The van der Waals surface area contributed by atoms with E-state index in [0.717, 1.165) is 23.4 Å². The molecule has 1 aliphatic rings. The summed E-state index contributed by atoms with van der Waals surface area (Å²) in [6.45, 7) is 3.98. The maximum absolute atomic E-state index is 13.2. The first-order valence-electron chi connectivity index (χ1n) is 8.18. The van der Waals surface area contributed by atoms with Crippen LogP contribution in [0, 0.1) is 5.82 Å². The van der Waals surface area contributed by atoms with Gasteiger partial charge in [-0.1, -0.05) is 6.07 Å². The lowest BCUT2D eigenvalue weighted by molar-refractivity contribution is -0.117. The molecule has 0 radical (unpaired) electrons. The maximum Gasteiger partial charge on any atom is 0.246 e. The normalized spacial score (nSPS) is 14.0. The molecule has 1 heterocycles. The second kappa shape index (κ2) is 6.93. The van der Waals surface area contributed by atoms with Gasteiger partial charge in [-0.3, -0.25) is 9.59 Å². The van der Waals surface area contributed by atoms with E-state index < -0.39 is 11.9 Å². The number of carbonyl (C=O) groups is 2. The molecule has 130 valence electrons. The zero-order valence-corrected chi connectivity index (χ0v) is 14.2. The molecular formula is C19H20FN3O2. The summed E-state index contributed by atoms with van der Waals surface area (Å²) in [4.78, 5) is 25.6. The van der Waals surface area contributed by atoms with Gasteiger partial charge in [0.15, 0.2) is 0 Å². The van der Waals surface area contributed by atoms with E-state index in [0.29, 0.717) is 12.2 Å². The number of fused-ring (bicyclic) bond motifs is 1. The molecule has 25 heavy (non-hydrogen) atoms. The van der Waals surface area contributed by atoms with E-state index in [1.807, 2.05) is 18.2 Å². The average molecular weight is 341 g/mol. The Labute approximate surface area is 145 Å². The van der Waals surface area contributed by atoms with E-state index in [2.05, 4.69) is 10.6 Å². The molecule has 6 heteroatoms. The summed E-state index contributed by atoms with van der Waals surface area (Å²) in [5, 5.41) is 5.82. The molecule has 1 atom stereocenters. The van der Waals surface area contributed by atoms with E-state index in [1.165, 1.54) is 12.1 Å². The number of nitrogens with zero attached hydrogens (tertiary/aromatic N) is 1. The smallest absolute Gasteiger partial charge is 0.246 e. The number of hydrogen-bond donors (Lipinski definition) is 2. The van der Waals surface area contributed by atoms with Crippen LogP contribution in [0.2, 0.25) is 0 Å². The summed E-state index contributed by atoms with van der Waals surface area (Å²) in [5.74, 6) is -0.620. The van der Waals surface area contributed by atoms with Gasteiger partial charge in [0, 0.05) is 30.5 Å². The summed E-state index contributed by atoms with van der Waals surface area (Å²) < 4.78 is 13.2. The zero-order chi connectivity index (χ0) is 18.0. The van der Waals surface area contributed by atoms with E-state index in [4.69, 9.17) is 0 Å². The van der Waals surface area contributed by atoms with Crippen molar-refractivity contribution in [1.82, 2.24) is 0 Å². The molecule has 5 nitrogen and oxygen atoms in total. The zero-order valence-electron chi connectivity index (χ0n) is 14.2. The number of hydrogen-bond acceptors (Lipinski definition) is 3. The van der Waals surface area contributed by atoms with E-state index in [-0.39, 0.29) is 11.8 Å². The summed E-state index contributed by atoms with van der Waals surface area (Å²) in [5.41, 5.74) is 3.24. The van der Waals surface area contributed by atoms with Gasteiger partial charge in [0.05, 0.1) is 0 Å². The number of nitrogens with one attached hydrogen (secondary N) is 2. The lowest BCUT2D eigenvalue weighted by Crippen LogP contribution is -2.31. The van der Waals surface area contributed by atoms with Gasteiger partial charge in [-0.25, -0.2) is 4.39 Å². The Morgan fingerprint density at radius 2 is 1.96 bits per heavy atom. The van der Waals surface area contributed by atoms with Crippen molar-refractivity contribution in [3.63, 3.8) is 0 Å². The molecule has 0 fully saturated rings. The van der Waals surface area contributed by atoms with Gasteiger partial charge in [-0.05, 0) is 55.3 Å². The first kappa shape index (κ1) is 17.0. The Kier molecular flexibility index (Phi) is 4.70. The van der Waals surface area contributed by atoms with Gasteiger partial charge < -0.3 is 15.5 Å². The second-order valence-electron chi connectivity index (χ2n) is 6.13. The van der Waals surface area contributed by atoms with Crippen molar-refractivity contribution in [3.8, 4) is 0 Å². The highest BCUT2D eigenvalue weighted by Gasteiger charge is 2.22. The highest BCUT2D eigenvalue weighted by atomic mass is 19.1. The predicted octanol–water partition coefficient (Wildman–Crippen LogP) is 3.17. The molecule has 2 amide bonds. The van der Waals surface area contributed by atoms with Crippen molar-refractivity contribution >= 4 is 28.9 Å². The third kappa shape index (κ3) is 3.79. The van der Waals surface area contributed by atoms with E-state index in [9.17, 15) is 14.0 Å². The van der Waals surface area contributed by atoms with Crippen LogP contribution in [0.5, 0.6) is 0 Å². The fourth-order valence-electron chi connectivity index (χ4n) is 2.95. The summed E-state index contributed by atoms with van der Waals surface area (Å²) in [6, 6.07) is 11.0. The fourth-order valence-corrected chi connectivity index (χ4v) is 2.95. The average Bonchev–Trinajstić information content (AvgIpc) is 2.98. The third-order valence-corrected chi connectivity index (χ3v) is 4.22. The first-order valence-corrected chi connectivity index (χ1v) is 8.18. The largest absolute Gasteiger partial charge is 0.374 e. The highest BCUT2D eigenvalue weighted by Crippen LogP contribution is 2.30. The number of anilines is 3. The molecule has 1 aliphatic heterocycles. The summed E-state index contributed by atoms with van der Waals surface area (Å²) >= 11 is 0. The minimum atomic E-state index is -0.494. The van der Waals surface area contributed by atoms with Crippen LogP contribution in [0.15, 0.2) is 42.5 Å². The maximum atomic E-state index is 13.2. The Bertz CT molecular complexity index is 822. The van der Waals surface area contributed by atoms with Gasteiger partial charge in [-0.15, -0.1) is 0 Å².